The fourth-order valence-electron chi connectivity index (χ4n) is 1.34. The van der Waals surface area contributed by atoms with Crippen molar-refractivity contribution in [3.63, 3.8) is 0 Å². The van der Waals surface area contributed by atoms with Crippen LogP contribution in [0.25, 0.3) is 0 Å². The highest BCUT2D eigenvalue weighted by molar-refractivity contribution is 5.79. The van der Waals surface area contributed by atoms with E-state index in [0.29, 0.717) is 18.9 Å². The lowest BCUT2D eigenvalue weighted by atomic mass is 10.2. The van der Waals surface area contributed by atoms with Gasteiger partial charge < -0.3 is 21.4 Å². The Morgan fingerprint density at radius 2 is 2.29 bits per heavy atom. The molecule has 0 radical (unpaired) electrons. The summed E-state index contributed by atoms with van der Waals surface area (Å²) in [5.41, 5.74) is 5.30. The Labute approximate surface area is 84.0 Å². The predicted octanol–water partition coefficient (Wildman–Crippen LogP) is -0.127. The van der Waals surface area contributed by atoms with Crippen molar-refractivity contribution >= 4 is 5.84 Å². The van der Waals surface area contributed by atoms with Gasteiger partial charge in [-0.3, -0.25) is 0 Å². The van der Waals surface area contributed by atoms with Gasteiger partial charge in [0.1, 0.15) is 5.84 Å². The molecule has 0 saturated heterocycles. The molecule has 1 saturated carbocycles. The molecule has 0 spiro atoms. The largest absolute Gasteiger partial charge is 0.409 e. The summed E-state index contributed by atoms with van der Waals surface area (Å²) in [4.78, 5) is 0. The normalized spacial score (nSPS) is 19.6. The third-order valence-electron chi connectivity index (χ3n) is 2.43. The van der Waals surface area contributed by atoms with Crippen LogP contribution >= 0.6 is 0 Å². The smallest absolute Gasteiger partial charge is 0.139 e. The van der Waals surface area contributed by atoms with E-state index in [2.05, 4.69) is 10.5 Å². The minimum Gasteiger partial charge on any atom is -0.409 e. The highest BCUT2D eigenvalue weighted by atomic mass is 16.4. The average Bonchev–Trinajstić information content (AvgIpc) is 2.99. The molecule has 1 aliphatic carbocycles. The van der Waals surface area contributed by atoms with Gasteiger partial charge in [0.05, 0.1) is 6.10 Å². The summed E-state index contributed by atoms with van der Waals surface area (Å²) in [6.45, 7) is 1.45. The summed E-state index contributed by atoms with van der Waals surface area (Å²) >= 11 is 0. The zero-order valence-electron chi connectivity index (χ0n) is 8.32. The topological polar surface area (TPSA) is 90.9 Å². The van der Waals surface area contributed by atoms with E-state index in [9.17, 15) is 5.11 Å². The lowest BCUT2D eigenvalue weighted by Gasteiger charge is -2.09. The van der Waals surface area contributed by atoms with Crippen LogP contribution in [0.4, 0.5) is 0 Å². The van der Waals surface area contributed by atoms with Gasteiger partial charge in [0.2, 0.25) is 0 Å². The number of nitrogens with two attached hydrogens (primary N) is 1. The summed E-state index contributed by atoms with van der Waals surface area (Å²) in [5, 5.41) is 23.8. The van der Waals surface area contributed by atoms with Crippen LogP contribution in [0.2, 0.25) is 0 Å². The number of aliphatic hydroxyl groups excluding tert-OH is 1. The third kappa shape index (κ3) is 4.43. The van der Waals surface area contributed by atoms with Crippen molar-refractivity contribution in [2.45, 2.75) is 31.8 Å². The maximum Gasteiger partial charge on any atom is 0.139 e. The van der Waals surface area contributed by atoms with Crippen molar-refractivity contribution in [1.29, 1.82) is 0 Å². The highest BCUT2D eigenvalue weighted by Gasteiger charge is 2.28. The highest BCUT2D eigenvalue weighted by Crippen LogP contribution is 2.32. The average molecular weight is 201 g/mol. The maximum atomic E-state index is 9.49. The van der Waals surface area contributed by atoms with Gasteiger partial charge >= 0.3 is 0 Å². The van der Waals surface area contributed by atoms with Gasteiger partial charge in [-0.15, -0.1) is 0 Å². The van der Waals surface area contributed by atoms with E-state index < -0.39 is 0 Å². The van der Waals surface area contributed by atoms with Crippen molar-refractivity contribution in [3.05, 3.63) is 0 Å². The Balaban J connectivity index is 1.88. The van der Waals surface area contributed by atoms with Gasteiger partial charge in [0, 0.05) is 13.0 Å². The minimum atomic E-state index is -0.196. The molecular weight excluding hydrogens is 182 g/mol. The molecule has 1 rings (SSSR count). The summed E-state index contributed by atoms with van der Waals surface area (Å²) in [5.74, 6) is 0.779. The van der Waals surface area contributed by atoms with Gasteiger partial charge in [-0.2, -0.15) is 0 Å². The fraction of sp³-hybridized carbons (Fsp3) is 0.889. The second-order valence-electron chi connectivity index (χ2n) is 3.80. The first-order chi connectivity index (χ1) is 6.74. The van der Waals surface area contributed by atoms with E-state index >= 15 is 0 Å². The number of hydrogen-bond donors (Lipinski definition) is 4. The Bertz CT molecular complexity index is 192. The second-order valence-corrected chi connectivity index (χ2v) is 3.80. The van der Waals surface area contributed by atoms with E-state index in [1.54, 1.807) is 0 Å². The summed E-state index contributed by atoms with van der Waals surface area (Å²) in [6, 6.07) is 0. The van der Waals surface area contributed by atoms with Crippen molar-refractivity contribution in [1.82, 2.24) is 5.32 Å². The molecule has 0 aromatic rings. The van der Waals surface area contributed by atoms with Crippen molar-refractivity contribution in [3.8, 4) is 0 Å². The first-order valence-electron chi connectivity index (χ1n) is 5.09. The minimum absolute atomic E-state index is 0.196. The molecule has 82 valence electrons. The van der Waals surface area contributed by atoms with Gasteiger partial charge in [0.15, 0.2) is 0 Å². The number of amidine groups is 1. The number of rotatable bonds is 7. The zero-order valence-corrected chi connectivity index (χ0v) is 8.32. The van der Waals surface area contributed by atoms with Crippen molar-refractivity contribution in [2.24, 2.45) is 16.8 Å². The monoisotopic (exact) mass is 201 g/mol. The number of nitrogens with zero attached hydrogens (tertiary/aromatic N) is 1. The summed E-state index contributed by atoms with van der Waals surface area (Å²) in [6.07, 6.45) is 3.54. The van der Waals surface area contributed by atoms with Gasteiger partial charge in [-0.1, -0.05) is 5.16 Å². The zero-order chi connectivity index (χ0) is 10.4. The molecule has 0 aliphatic heterocycles. The quantitative estimate of drug-likeness (QED) is 0.152. The number of hydrogen-bond acceptors (Lipinski definition) is 4. The SMILES string of the molecule is NC(CCCNCC(O)C1CC1)=NO. The Kier molecular flexibility index (Phi) is 4.69. The van der Waals surface area contributed by atoms with E-state index in [1.165, 1.54) is 0 Å². The third-order valence-corrected chi connectivity index (χ3v) is 2.43. The number of nitrogens with one attached hydrogen (secondary N) is 1. The Morgan fingerprint density at radius 3 is 2.86 bits per heavy atom. The summed E-state index contributed by atoms with van der Waals surface area (Å²) < 4.78 is 0. The molecule has 5 N–H and O–H groups in total. The van der Waals surface area contributed by atoms with Crippen LogP contribution < -0.4 is 11.1 Å². The maximum absolute atomic E-state index is 9.49. The molecule has 1 aliphatic rings. The van der Waals surface area contributed by atoms with Crippen LogP contribution in [0.15, 0.2) is 5.16 Å². The van der Waals surface area contributed by atoms with Crippen LogP contribution in [0.1, 0.15) is 25.7 Å². The molecule has 1 fully saturated rings. The van der Waals surface area contributed by atoms with E-state index in [4.69, 9.17) is 10.9 Å². The van der Waals surface area contributed by atoms with E-state index in [-0.39, 0.29) is 11.9 Å². The Morgan fingerprint density at radius 1 is 1.57 bits per heavy atom. The molecule has 14 heavy (non-hydrogen) atoms. The molecular formula is C9H19N3O2. The van der Waals surface area contributed by atoms with E-state index in [0.717, 1.165) is 25.8 Å². The second kappa shape index (κ2) is 5.82. The first-order valence-corrected chi connectivity index (χ1v) is 5.09. The fourth-order valence-corrected chi connectivity index (χ4v) is 1.34. The van der Waals surface area contributed by atoms with Gasteiger partial charge in [-0.05, 0) is 31.7 Å². The molecule has 0 bridgehead atoms. The molecule has 5 heteroatoms. The lowest BCUT2D eigenvalue weighted by Crippen LogP contribution is -2.29. The summed E-state index contributed by atoms with van der Waals surface area (Å²) in [7, 11) is 0. The number of aliphatic hydroxyl groups is 1. The molecule has 1 atom stereocenters. The van der Waals surface area contributed by atoms with Crippen LogP contribution in [0.3, 0.4) is 0 Å². The van der Waals surface area contributed by atoms with Crippen LogP contribution in [0, 0.1) is 5.92 Å². The van der Waals surface area contributed by atoms with Crippen molar-refractivity contribution in [2.75, 3.05) is 13.1 Å². The van der Waals surface area contributed by atoms with Crippen LogP contribution in [0.5, 0.6) is 0 Å². The van der Waals surface area contributed by atoms with E-state index in [1.807, 2.05) is 0 Å². The van der Waals surface area contributed by atoms with Crippen molar-refractivity contribution < 1.29 is 10.3 Å². The van der Waals surface area contributed by atoms with Gasteiger partial charge in [0.25, 0.3) is 0 Å². The van der Waals surface area contributed by atoms with Gasteiger partial charge in [-0.25, -0.2) is 0 Å². The standard InChI is InChI=1S/C9H19N3O2/c10-9(12-14)2-1-5-11-6-8(13)7-3-4-7/h7-8,11,13-14H,1-6H2,(H2,10,12). The molecule has 5 nitrogen and oxygen atoms in total. The predicted molar refractivity (Wildman–Crippen MR) is 54.2 cm³/mol. The first kappa shape index (κ1) is 11.3. The molecule has 0 aromatic heterocycles. The number of oxime groups is 1. The van der Waals surface area contributed by atoms with Crippen LogP contribution in [-0.4, -0.2) is 35.3 Å². The van der Waals surface area contributed by atoms with Crippen LogP contribution in [-0.2, 0) is 0 Å². The molecule has 0 amide bonds. The molecule has 0 heterocycles. The Hall–Kier alpha value is -0.810. The molecule has 1 unspecified atom stereocenters. The molecule has 0 aromatic carbocycles. The lowest BCUT2D eigenvalue weighted by molar-refractivity contribution is 0.149.